The quantitative estimate of drug-likeness (QED) is 0.692. The van der Waals surface area contributed by atoms with Crippen LogP contribution < -0.4 is 4.90 Å². The van der Waals surface area contributed by atoms with Gasteiger partial charge in [0, 0.05) is 35.1 Å². The van der Waals surface area contributed by atoms with E-state index in [1.54, 1.807) is 4.90 Å². The molecule has 3 nitrogen and oxygen atoms in total. The van der Waals surface area contributed by atoms with E-state index in [1.807, 2.05) is 56.3 Å². The van der Waals surface area contributed by atoms with Crippen molar-refractivity contribution >= 4 is 29.0 Å². The molecular formula is C23H22ClNO2. The van der Waals surface area contributed by atoms with Crippen LogP contribution in [0.2, 0.25) is 5.02 Å². The standard InChI is InChI=1S/C23H22ClNO2/c1-14-9-10-15(2)20(11-14)25-19-7-4-8-21(26)23(19)18(13-22(25)27)16-5-3-6-17(24)12-16/h3,5-6,9-12,18H,4,7-8,13H2,1-2H3. The van der Waals surface area contributed by atoms with Crippen molar-refractivity contribution in [3.63, 3.8) is 0 Å². The van der Waals surface area contributed by atoms with Gasteiger partial charge in [-0.15, -0.1) is 0 Å². The number of amides is 1. The van der Waals surface area contributed by atoms with Crippen molar-refractivity contribution in [2.75, 3.05) is 4.90 Å². The van der Waals surface area contributed by atoms with E-state index >= 15 is 0 Å². The predicted octanol–water partition coefficient (Wildman–Crippen LogP) is 5.48. The van der Waals surface area contributed by atoms with Crippen LogP contribution in [-0.2, 0) is 9.59 Å². The van der Waals surface area contributed by atoms with E-state index in [2.05, 4.69) is 0 Å². The summed E-state index contributed by atoms with van der Waals surface area (Å²) in [5.41, 5.74) is 5.65. The second kappa shape index (κ2) is 6.97. The van der Waals surface area contributed by atoms with Gasteiger partial charge in [-0.3, -0.25) is 14.5 Å². The lowest BCUT2D eigenvalue weighted by Crippen LogP contribution is -2.40. The molecule has 1 aliphatic carbocycles. The van der Waals surface area contributed by atoms with Gasteiger partial charge in [-0.2, -0.15) is 0 Å². The lowest BCUT2D eigenvalue weighted by atomic mass is 9.77. The first-order valence-electron chi connectivity index (χ1n) is 9.37. The fourth-order valence-electron chi connectivity index (χ4n) is 4.24. The molecule has 2 aliphatic rings. The highest BCUT2D eigenvalue weighted by Crippen LogP contribution is 2.44. The molecule has 138 valence electrons. The molecule has 1 unspecified atom stereocenters. The van der Waals surface area contributed by atoms with Gasteiger partial charge in [-0.05, 0) is 61.6 Å². The SMILES string of the molecule is Cc1ccc(C)c(N2C(=O)CC(c3cccc(Cl)c3)C3=C2CCCC3=O)c1. The zero-order chi connectivity index (χ0) is 19.1. The molecule has 1 atom stereocenters. The number of aryl methyl sites for hydroxylation is 2. The van der Waals surface area contributed by atoms with E-state index in [1.165, 1.54) is 0 Å². The lowest BCUT2D eigenvalue weighted by Gasteiger charge is -2.39. The summed E-state index contributed by atoms with van der Waals surface area (Å²) < 4.78 is 0. The minimum Gasteiger partial charge on any atom is -0.294 e. The van der Waals surface area contributed by atoms with Crippen LogP contribution in [0.4, 0.5) is 5.69 Å². The number of benzene rings is 2. The molecule has 0 bridgehead atoms. The molecule has 0 fully saturated rings. The first-order valence-corrected chi connectivity index (χ1v) is 9.75. The third-order valence-electron chi connectivity index (χ3n) is 5.53. The van der Waals surface area contributed by atoms with E-state index in [0.717, 1.165) is 46.5 Å². The summed E-state index contributed by atoms with van der Waals surface area (Å²) in [7, 11) is 0. The van der Waals surface area contributed by atoms with Gasteiger partial charge in [0.25, 0.3) is 0 Å². The Kier molecular flexibility index (Phi) is 4.65. The molecule has 0 N–H and O–H groups in total. The zero-order valence-electron chi connectivity index (χ0n) is 15.6. The van der Waals surface area contributed by atoms with Crippen LogP contribution >= 0.6 is 11.6 Å². The van der Waals surface area contributed by atoms with E-state index in [-0.39, 0.29) is 24.0 Å². The topological polar surface area (TPSA) is 37.4 Å². The van der Waals surface area contributed by atoms with Crippen LogP contribution in [0, 0.1) is 13.8 Å². The third-order valence-corrected chi connectivity index (χ3v) is 5.77. The van der Waals surface area contributed by atoms with Gasteiger partial charge >= 0.3 is 0 Å². The number of nitrogens with zero attached hydrogens (tertiary/aromatic N) is 1. The van der Waals surface area contributed by atoms with Crippen molar-refractivity contribution in [1.82, 2.24) is 0 Å². The largest absolute Gasteiger partial charge is 0.294 e. The monoisotopic (exact) mass is 379 g/mol. The molecule has 1 aliphatic heterocycles. The summed E-state index contributed by atoms with van der Waals surface area (Å²) in [4.78, 5) is 27.9. The molecule has 2 aromatic rings. The maximum Gasteiger partial charge on any atom is 0.232 e. The number of rotatable bonds is 2. The highest BCUT2D eigenvalue weighted by atomic mass is 35.5. The van der Waals surface area contributed by atoms with Gasteiger partial charge in [0.15, 0.2) is 5.78 Å². The number of carbonyl (C=O) groups is 2. The number of Topliss-reactive ketones (excluding diaryl/α,β-unsaturated/α-hetero) is 1. The van der Waals surface area contributed by atoms with Gasteiger partial charge in [0.1, 0.15) is 0 Å². The molecule has 0 aromatic heterocycles. The Hall–Kier alpha value is -2.39. The third kappa shape index (κ3) is 3.21. The summed E-state index contributed by atoms with van der Waals surface area (Å²) in [6.07, 6.45) is 2.37. The number of hydrogen-bond donors (Lipinski definition) is 0. The maximum atomic E-state index is 13.2. The molecule has 0 saturated heterocycles. The Balaban J connectivity index is 1.90. The Morgan fingerprint density at radius 1 is 1.04 bits per heavy atom. The first kappa shape index (κ1) is 18.0. The minimum atomic E-state index is -0.208. The molecule has 0 spiro atoms. The van der Waals surface area contributed by atoms with Crippen molar-refractivity contribution in [3.05, 3.63) is 75.4 Å². The maximum absolute atomic E-state index is 13.2. The highest BCUT2D eigenvalue weighted by molar-refractivity contribution is 6.30. The Labute approximate surface area is 164 Å². The van der Waals surface area contributed by atoms with E-state index in [0.29, 0.717) is 11.4 Å². The van der Waals surface area contributed by atoms with Crippen LogP contribution in [0.1, 0.15) is 48.3 Å². The van der Waals surface area contributed by atoms with Crippen LogP contribution in [0.5, 0.6) is 0 Å². The normalized spacial score (nSPS) is 20.1. The lowest BCUT2D eigenvalue weighted by molar-refractivity contribution is -0.119. The van der Waals surface area contributed by atoms with Crippen LogP contribution in [0.3, 0.4) is 0 Å². The summed E-state index contributed by atoms with van der Waals surface area (Å²) >= 11 is 6.18. The average molecular weight is 380 g/mol. The minimum absolute atomic E-state index is 0.0436. The van der Waals surface area contributed by atoms with Crippen LogP contribution in [-0.4, -0.2) is 11.7 Å². The van der Waals surface area contributed by atoms with Crippen LogP contribution in [0.15, 0.2) is 53.7 Å². The van der Waals surface area contributed by atoms with Gasteiger partial charge < -0.3 is 0 Å². The molecule has 0 radical (unpaired) electrons. The van der Waals surface area contributed by atoms with Crippen molar-refractivity contribution in [2.45, 2.75) is 45.4 Å². The second-order valence-corrected chi connectivity index (χ2v) is 7.90. The second-order valence-electron chi connectivity index (χ2n) is 7.47. The molecule has 1 heterocycles. The van der Waals surface area contributed by atoms with Gasteiger partial charge in [-0.1, -0.05) is 35.9 Å². The van der Waals surface area contributed by atoms with Crippen molar-refractivity contribution in [2.24, 2.45) is 0 Å². The van der Waals surface area contributed by atoms with Crippen molar-refractivity contribution in [1.29, 1.82) is 0 Å². The number of allylic oxidation sites excluding steroid dienone is 2. The molecule has 27 heavy (non-hydrogen) atoms. The van der Waals surface area contributed by atoms with Crippen molar-refractivity contribution in [3.8, 4) is 0 Å². The van der Waals surface area contributed by atoms with E-state index < -0.39 is 0 Å². The van der Waals surface area contributed by atoms with Gasteiger partial charge in [0.2, 0.25) is 5.91 Å². The first-order chi connectivity index (χ1) is 13.0. The fourth-order valence-corrected chi connectivity index (χ4v) is 4.44. The molecule has 2 aromatic carbocycles. The summed E-state index contributed by atoms with van der Waals surface area (Å²) in [6, 6.07) is 13.7. The molecule has 4 rings (SSSR count). The fraction of sp³-hybridized carbons (Fsp3) is 0.304. The number of ketones is 1. The Morgan fingerprint density at radius 2 is 1.85 bits per heavy atom. The number of hydrogen-bond acceptors (Lipinski definition) is 2. The number of carbonyl (C=O) groups excluding carboxylic acids is 2. The summed E-state index contributed by atoms with van der Waals surface area (Å²) in [5.74, 6) is -0.00785. The Morgan fingerprint density at radius 3 is 2.63 bits per heavy atom. The molecule has 1 amide bonds. The zero-order valence-corrected chi connectivity index (χ0v) is 16.3. The van der Waals surface area contributed by atoms with E-state index in [4.69, 9.17) is 11.6 Å². The van der Waals surface area contributed by atoms with E-state index in [9.17, 15) is 9.59 Å². The molecule has 4 heteroatoms. The average Bonchev–Trinajstić information content (AvgIpc) is 2.63. The smallest absolute Gasteiger partial charge is 0.232 e. The number of anilines is 1. The molecular weight excluding hydrogens is 358 g/mol. The predicted molar refractivity (Wildman–Crippen MR) is 108 cm³/mol. The van der Waals surface area contributed by atoms with Crippen molar-refractivity contribution < 1.29 is 9.59 Å². The Bertz CT molecular complexity index is 976. The number of halogens is 1. The van der Waals surface area contributed by atoms with Gasteiger partial charge in [-0.25, -0.2) is 0 Å². The van der Waals surface area contributed by atoms with Gasteiger partial charge in [0.05, 0.1) is 5.69 Å². The highest BCUT2D eigenvalue weighted by Gasteiger charge is 2.40. The molecule has 0 saturated carbocycles. The van der Waals surface area contributed by atoms with Crippen LogP contribution in [0.25, 0.3) is 0 Å². The summed E-state index contributed by atoms with van der Waals surface area (Å²) in [5, 5.41) is 0.627. The summed E-state index contributed by atoms with van der Waals surface area (Å²) in [6.45, 7) is 4.03.